The van der Waals surface area contributed by atoms with Crippen molar-refractivity contribution in [1.29, 1.82) is 0 Å². The van der Waals surface area contributed by atoms with Crippen molar-refractivity contribution in [3.05, 3.63) is 89.9 Å². The van der Waals surface area contributed by atoms with Gasteiger partial charge in [-0.25, -0.2) is 18.2 Å². The molecule has 0 unspecified atom stereocenters. The van der Waals surface area contributed by atoms with Crippen LogP contribution in [-0.4, -0.2) is 16.0 Å². The summed E-state index contributed by atoms with van der Waals surface area (Å²) in [5, 5.41) is 9.89. The molecule has 0 amide bonds. The number of aliphatic imine (C=N–C) groups is 1. The van der Waals surface area contributed by atoms with Gasteiger partial charge in [0.2, 0.25) is 0 Å². The molecule has 0 saturated heterocycles. The van der Waals surface area contributed by atoms with E-state index in [9.17, 15) is 13.2 Å². The summed E-state index contributed by atoms with van der Waals surface area (Å²) in [5.41, 5.74) is 3.50. The largest absolute Gasteiger partial charge is 0.336 e. The zero-order valence-electron chi connectivity index (χ0n) is 14.9. The molecule has 1 aliphatic heterocycles. The van der Waals surface area contributed by atoms with Gasteiger partial charge in [-0.15, -0.1) is 0 Å². The summed E-state index contributed by atoms with van der Waals surface area (Å²) in [4.78, 5) is 4.51. The zero-order valence-corrected chi connectivity index (χ0v) is 14.9. The summed E-state index contributed by atoms with van der Waals surface area (Å²) in [6, 6.07) is 15.2. The molecule has 1 aliphatic rings. The second kappa shape index (κ2) is 6.63. The van der Waals surface area contributed by atoms with Gasteiger partial charge in [-0.05, 0) is 47.5 Å². The average molecular weight is 390 g/mol. The Hall–Kier alpha value is -3.87. The summed E-state index contributed by atoms with van der Waals surface area (Å²) in [6.07, 6.45) is 1.53. The lowest BCUT2D eigenvalue weighted by atomic mass is 10.0. The van der Waals surface area contributed by atoms with E-state index in [1.54, 1.807) is 18.2 Å². The lowest BCUT2D eigenvalue weighted by molar-refractivity contribution is 0.579. The fraction of sp³-hybridized carbons (Fsp3) is 0. The summed E-state index contributed by atoms with van der Waals surface area (Å²) in [5.74, 6) is -1.79. The van der Waals surface area contributed by atoms with Crippen molar-refractivity contribution in [2.75, 3.05) is 5.32 Å². The number of benzene rings is 3. The van der Waals surface area contributed by atoms with Crippen LogP contribution >= 0.6 is 0 Å². The van der Waals surface area contributed by atoms with E-state index in [0.29, 0.717) is 28.2 Å². The normalized spacial score (nSPS) is 12.4. The Kier molecular flexibility index (Phi) is 3.94. The first-order valence-corrected chi connectivity index (χ1v) is 8.84. The number of aromatic nitrogens is 2. The molecule has 4 nitrogen and oxygen atoms in total. The maximum Gasteiger partial charge on any atom is 0.144 e. The quantitative estimate of drug-likeness (QED) is 0.464. The monoisotopic (exact) mass is 390 g/mol. The van der Waals surface area contributed by atoms with E-state index in [4.69, 9.17) is 0 Å². The first-order valence-electron chi connectivity index (χ1n) is 8.84. The molecule has 0 aliphatic carbocycles. The summed E-state index contributed by atoms with van der Waals surface area (Å²) >= 11 is 0. The van der Waals surface area contributed by atoms with Gasteiger partial charge in [-0.1, -0.05) is 24.3 Å². The molecule has 142 valence electrons. The van der Waals surface area contributed by atoms with Gasteiger partial charge in [0.15, 0.2) is 0 Å². The molecule has 0 saturated carbocycles. The van der Waals surface area contributed by atoms with Gasteiger partial charge in [0.05, 0.1) is 28.8 Å². The average Bonchev–Trinajstić information content (AvgIpc) is 3.10. The molecule has 0 fully saturated rings. The van der Waals surface area contributed by atoms with Crippen LogP contribution in [0.15, 0.2) is 71.9 Å². The topological polar surface area (TPSA) is 53.1 Å². The maximum atomic E-state index is 14.4. The third-order valence-corrected chi connectivity index (χ3v) is 4.75. The van der Waals surface area contributed by atoms with Crippen LogP contribution in [0.3, 0.4) is 0 Å². The molecule has 2 N–H and O–H groups in total. The van der Waals surface area contributed by atoms with Crippen LogP contribution < -0.4 is 5.32 Å². The van der Waals surface area contributed by atoms with E-state index < -0.39 is 11.6 Å². The van der Waals surface area contributed by atoms with Crippen molar-refractivity contribution in [1.82, 2.24) is 10.2 Å². The highest BCUT2D eigenvalue weighted by Crippen LogP contribution is 2.39. The number of H-pyrrole nitrogens is 1. The minimum atomic E-state index is -0.731. The maximum absolute atomic E-state index is 14.4. The minimum Gasteiger partial charge on any atom is -0.336 e. The lowest BCUT2D eigenvalue weighted by Gasteiger charge is -2.09. The SMILES string of the molecule is Fc1cccc(-c2ccc3c(c2)N=C(c2c(F)cccc2F)Nc2cn[nH]c2-3)c1. The Morgan fingerprint density at radius 3 is 2.34 bits per heavy atom. The highest BCUT2D eigenvalue weighted by molar-refractivity contribution is 6.13. The smallest absolute Gasteiger partial charge is 0.144 e. The number of nitrogens with one attached hydrogen (secondary N) is 2. The Bertz CT molecular complexity index is 1260. The summed E-state index contributed by atoms with van der Waals surface area (Å²) in [6.45, 7) is 0. The molecule has 0 spiro atoms. The van der Waals surface area contributed by atoms with E-state index in [0.717, 1.165) is 5.56 Å². The van der Waals surface area contributed by atoms with Crippen molar-refractivity contribution >= 4 is 17.2 Å². The van der Waals surface area contributed by atoms with E-state index in [1.165, 1.54) is 36.5 Å². The number of halogens is 3. The van der Waals surface area contributed by atoms with Crippen molar-refractivity contribution < 1.29 is 13.2 Å². The van der Waals surface area contributed by atoms with Crippen molar-refractivity contribution in [2.45, 2.75) is 0 Å². The minimum absolute atomic E-state index is 0.0263. The number of amidine groups is 1. The molecule has 3 aromatic carbocycles. The van der Waals surface area contributed by atoms with Gasteiger partial charge < -0.3 is 5.32 Å². The van der Waals surface area contributed by atoms with E-state index in [1.807, 2.05) is 12.1 Å². The Morgan fingerprint density at radius 2 is 1.55 bits per heavy atom. The molecule has 0 bridgehead atoms. The summed E-state index contributed by atoms with van der Waals surface area (Å²) < 4.78 is 42.5. The third kappa shape index (κ3) is 2.97. The summed E-state index contributed by atoms with van der Waals surface area (Å²) in [7, 11) is 0. The second-order valence-electron chi connectivity index (χ2n) is 6.58. The lowest BCUT2D eigenvalue weighted by Crippen LogP contribution is -2.16. The number of hydrogen-bond acceptors (Lipinski definition) is 3. The predicted octanol–water partition coefficient (Wildman–Crippen LogP) is 5.66. The van der Waals surface area contributed by atoms with Crippen molar-refractivity contribution in [3.8, 4) is 22.4 Å². The highest BCUT2D eigenvalue weighted by Gasteiger charge is 2.23. The van der Waals surface area contributed by atoms with Crippen LogP contribution in [-0.2, 0) is 0 Å². The molecule has 2 heterocycles. The van der Waals surface area contributed by atoms with E-state index in [-0.39, 0.29) is 17.2 Å². The van der Waals surface area contributed by atoms with Gasteiger partial charge in [-0.2, -0.15) is 5.10 Å². The van der Waals surface area contributed by atoms with Crippen LogP contribution in [0.5, 0.6) is 0 Å². The standard InChI is InChI=1S/C22H13F3N4/c23-14-4-1-3-12(9-14)13-7-8-15-18(10-13)27-22(28-19-11-26-29-21(15)19)20-16(24)5-2-6-17(20)25/h1-11H,(H,26,29)(H,27,28). The first kappa shape index (κ1) is 17.2. The Balaban J connectivity index is 1.74. The van der Waals surface area contributed by atoms with Crippen molar-refractivity contribution in [2.24, 2.45) is 4.99 Å². The second-order valence-corrected chi connectivity index (χ2v) is 6.58. The van der Waals surface area contributed by atoms with Gasteiger partial charge >= 0.3 is 0 Å². The third-order valence-electron chi connectivity index (χ3n) is 4.75. The number of nitrogens with zero attached hydrogens (tertiary/aromatic N) is 2. The van der Waals surface area contributed by atoms with Crippen LogP contribution in [0.2, 0.25) is 0 Å². The number of anilines is 1. The number of aromatic amines is 1. The predicted molar refractivity (Wildman–Crippen MR) is 106 cm³/mol. The van der Waals surface area contributed by atoms with Crippen LogP contribution in [0, 0.1) is 17.5 Å². The Morgan fingerprint density at radius 1 is 0.793 bits per heavy atom. The zero-order chi connectivity index (χ0) is 20.0. The van der Waals surface area contributed by atoms with Gasteiger partial charge in [0.1, 0.15) is 23.3 Å². The molecule has 5 rings (SSSR count). The van der Waals surface area contributed by atoms with Crippen LogP contribution in [0.4, 0.5) is 24.5 Å². The number of rotatable bonds is 2. The van der Waals surface area contributed by atoms with Crippen LogP contribution in [0.25, 0.3) is 22.4 Å². The van der Waals surface area contributed by atoms with Gasteiger partial charge in [0, 0.05) is 5.56 Å². The van der Waals surface area contributed by atoms with Gasteiger partial charge in [0.25, 0.3) is 0 Å². The van der Waals surface area contributed by atoms with Crippen LogP contribution in [0.1, 0.15) is 5.56 Å². The van der Waals surface area contributed by atoms with Gasteiger partial charge in [-0.3, -0.25) is 5.10 Å². The fourth-order valence-electron chi connectivity index (χ4n) is 3.39. The van der Waals surface area contributed by atoms with E-state index in [2.05, 4.69) is 20.5 Å². The van der Waals surface area contributed by atoms with Crippen molar-refractivity contribution in [3.63, 3.8) is 0 Å². The number of fused-ring (bicyclic) bond motifs is 3. The number of hydrogen-bond donors (Lipinski definition) is 2. The molecule has 0 radical (unpaired) electrons. The molecule has 1 aromatic heterocycles. The molecule has 4 aromatic rings. The first-order chi connectivity index (χ1) is 14.1. The molecule has 29 heavy (non-hydrogen) atoms. The fourth-order valence-corrected chi connectivity index (χ4v) is 3.39. The Labute approximate surface area is 163 Å². The molecule has 0 atom stereocenters. The molecular weight excluding hydrogens is 377 g/mol. The highest BCUT2D eigenvalue weighted by atomic mass is 19.1. The van der Waals surface area contributed by atoms with E-state index >= 15 is 0 Å². The molecule has 7 heteroatoms. The molecular formula is C22H13F3N4.